The van der Waals surface area contributed by atoms with Gasteiger partial charge in [0.15, 0.2) is 0 Å². The highest BCUT2D eigenvalue weighted by atomic mass is 32.2. The number of benzene rings is 3. The van der Waals surface area contributed by atoms with Crippen LogP contribution >= 0.6 is 0 Å². The van der Waals surface area contributed by atoms with Crippen molar-refractivity contribution in [2.75, 3.05) is 22.8 Å². The number of hydrogen-bond acceptors (Lipinski definition) is 4. The number of alkyl halides is 3. The lowest BCUT2D eigenvalue weighted by Gasteiger charge is -2.25. The van der Waals surface area contributed by atoms with Crippen LogP contribution in [0.4, 0.5) is 24.5 Å². The van der Waals surface area contributed by atoms with Gasteiger partial charge in [-0.25, -0.2) is 8.42 Å². The molecule has 6 nitrogen and oxygen atoms in total. The van der Waals surface area contributed by atoms with Gasteiger partial charge in [0.05, 0.1) is 16.1 Å². The Balaban J connectivity index is 1.90. The number of carbonyl (C=O) groups is 1. The lowest BCUT2D eigenvalue weighted by molar-refractivity contribution is -0.137. The predicted molar refractivity (Wildman–Crippen MR) is 123 cm³/mol. The quantitative estimate of drug-likeness (QED) is 0.424. The minimum atomic E-state index is -4.68. The summed E-state index contributed by atoms with van der Waals surface area (Å²) in [4.78, 5) is 12.6. The van der Waals surface area contributed by atoms with E-state index in [4.69, 9.17) is 4.74 Å². The number of ether oxygens (including phenoxy) is 1. The van der Waals surface area contributed by atoms with E-state index in [1.54, 1.807) is 36.4 Å². The van der Waals surface area contributed by atoms with Gasteiger partial charge >= 0.3 is 6.18 Å². The second kappa shape index (κ2) is 10.4. The van der Waals surface area contributed by atoms with Crippen LogP contribution in [0.15, 0.2) is 96.4 Å². The normalized spacial score (nSPS) is 11.5. The smallest absolute Gasteiger partial charge is 0.416 e. The molecule has 0 aromatic heterocycles. The van der Waals surface area contributed by atoms with Crippen LogP contribution in [0.2, 0.25) is 0 Å². The van der Waals surface area contributed by atoms with Gasteiger partial charge in [0.2, 0.25) is 5.91 Å². The monoisotopic (exact) mass is 490 g/mol. The third kappa shape index (κ3) is 6.16. The van der Waals surface area contributed by atoms with Crippen LogP contribution in [-0.2, 0) is 21.0 Å². The number of nitrogens with one attached hydrogen (secondary N) is 1. The molecule has 0 saturated carbocycles. The van der Waals surface area contributed by atoms with Gasteiger partial charge in [-0.15, -0.1) is 0 Å². The number of rotatable bonds is 9. The Morgan fingerprint density at radius 3 is 2.29 bits per heavy atom. The third-order valence-electron chi connectivity index (χ3n) is 4.59. The molecule has 0 unspecified atom stereocenters. The number of sulfonamides is 1. The molecule has 0 atom stereocenters. The summed E-state index contributed by atoms with van der Waals surface area (Å²) in [7, 11) is -4.34. The number of amides is 1. The highest BCUT2D eigenvalue weighted by Crippen LogP contribution is 2.33. The zero-order valence-electron chi connectivity index (χ0n) is 17.8. The summed E-state index contributed by atoms with van der Waals surface area (Å²) in [6.07, 6.45) is -3.11. The maximum atomic E-state index is 13.3. The lowest BCUT2D eigenvalue weighted by atomic mass is 10.2. The maximum Gasteiger partial charge on any atom is 0.416 e. The van der Waals surface area contributed by atoms with Crippen molar-refractivity contribution in [2.45, 2.75) is 11.1 Å². The first kappa shape index (κ1) is 24.8. The fourth-order valence-corrected chi connectivity index (χ4v) is 4.43. The van der Waals surface area contributed by atoms with Crippen molar-refractivity contribution in [3.8, 4) is 5.75 Å². The van der Waals surface area contributed by atoms with Crippen molar-refractivity contribution in [2.24, 2.45) is 0 Å². The Labute approximate surface area is 195 Å². The van der Waals surface area contributed by atoms with Gasteiger partial charge in [-0.1, -0.05) is 36.9 Å². The van der Waals surface area contributed by atoms with Crippen LogP contribution in [0.1, 0.15) is 5.56 Å². The van der Waals surface area contributed by atoms with Crippen LogP contribution in [0, 0.1) is 0 Å². The molecule has 0 heterocycles. The number of hydrogen-bond donors (Lipinski definition) is 1. The fraction of sp³-hybridized carbons (Fsp3) is 0.125. The average Bonchev–Trinajstić information content (AvgIpc) is 2.82. The number of carbonyl (C=O) groups excluding carboxylic acids is 1. The van der Waals surface area contributed by atoms with Crippen LogP contribution < -0.4 is 14.4 Å². The van der Waals surface area contributed by atoms with Crippen molar-refractivity contribution in [1.82, 2.24) is 0 Å². The fourth-order valence-electron chi connectivity index (χ4n) is 2.99. The summed E-state index contributed by atoms with van der Waals surface area (Å²) in [6, 6.07) is 17.3. The molecule has 0 bridgehead atoms. The highest BCUT2D eigenvalue weighted by molar-refractivity contribution is 7.92. The molecule has 3 aromatic rings. The minimum absolute atomic E-state index is 0.163. The van der Waals surface area contributed by atoms with Crippen LogP contribution in [0.5, 0.6) is 5.75 Å². The van der Waals surface area contributed by atoms with Gasteiger partial charge < -0.3 is 10.1 Å². The second-order valence-electron chi connectivity index (χ2n) is 7.05. The Morgan fingerprint density at radius 1 is 1.00 bits per heavy atom. The number of anilines is 2. The Hall–Kier alpha value is -3.79. The van der Waals surface area contributed by atoms with Crippen molar-refractivity contribution in [1.29, 1.82) is 0 Å². The highest BCUT2D eigenvalue weighted by Gasteiger charge is 2.33. The van der Waals surface area contributed by atoms with E-state index < -0.39 is 34.2 Å². The first-order valence-electron chi connectivity index (χ1n) is 10.00. The molecule has 34 heavy (non-hydrogen) atoms. The number of halogens is 3. The van der Waals surface area contributed by atoms with E-state index in [0.29, 0.717) is 28.4 Å². The summed E-state index contributed by atoms with van der Waals surface area (Å²) in [5.41, 5.74) is -0.965. The van der Waals surface area contributed by atoms with Gasteiger partial charge in [0.1, 0.15) is 18.9 Å². The van der Waals surface area contributed by atoms with E-state index in [1.807, 2.05) is 0 Å². The molecule has 3 aromatic carbocycles. The van der Waals surface area contributed by atoms with Gasteiger partial charge in [-0.3, -0.25) is 9.10 Å². The van der Waals surface area contributed by atoms with Crippen LogP contribution in [-0.4, -0.2) is 27.5 Å². The summed E-state index contributed by atoms with van der Waals surface area (Å²) < 4.78 is 72.3. The van der Waals surface area contributed by atoms with Crippen molar-refractivity contribution in [3.05, 3.63) is 97.1 Å². The summed E-state index contributed by atoms with van der Waals surface area (Å²) >= 11 is 0. The third-order valence-corrected chi connectivity index (χ3v) is 6.37. The Morgan fingerprint density at radius 2 is 1.68 bits per heavy atom. The first-order valence-corrected chi connectivity index (χ1v) is 11.4. The van der Waals surface area contributed by atoms with E-state index in [-0.39, 0.29) is 10.6 Å². The van der Waals surface area contributed by atoms with Gasteiger partial charge in [-0.05, 0) is 54.6 Å². The number of nitrogens with zero attached hydrogens (tertiary/aromatic N) is 1. The lowest BCUT2D eigenvalue weighted by Crippen LogP contribution is -2.38. The molecule has 0 saturated heterocycles. The average molecular weight is 491 g/mol. The molecular weight excluding hydrogens is 469 g/mol. The predicted octanol–water partition coefficient (Wildman–Crippen LogP) is 5.10. The Bertz CT molecular complexity index is 1250. The molecule has 1 N–H and O–H groups in total. The second-order valence-corrected chi connectivity index (χ2v) is 8.91. The van der Waals surface area contributed by atoms with Crippen molar-refractivity contribution >= 4 is 27.3 Å². The molecule has 0 aliphatic rings. The Kier molecular flexibility index (Phi) is 7.62. The molecule has 178 valence electrons. The molecule has 1 amide bonds. The summed E-state index contributed by atoms with van der Waals surface area (Å²) in [5, 5.41) is 2.55. The van der Waals surface area contributed by atoms with Gasteiger partial charge in [0.25, 0.3) is 10.0 Å². The summed E-state index contributed by atoms with van der Waals surface area (Å²) in [6.45, 7) is 3.11. The van der Waals surface area contributed by atoms with E-state index >= 15 is 0 Å². The van der Waals surface area contributed by atoms with Crippen molar-refractivity contribution < 1.29 is 31.1 Å². The molecule has 0 radical (unpaired) electrons. The molecule has 0 aliphatic carbocycles. The molecular formula is C24H21F3N2O4S. The topological polar surface area (TPSA) is 75.7 Å². The van der Waals surface area contributed by atoms with Crippen LogP contribution in [0.25, 0.3) is 0 Å². The SMILES string of the molecule is C=CCOc1ccc(NC(=O)CN(c2cccc(C(F)(F)F)c2)S(=O)(=O)c2ccccc2)cc1. The van der Waals surface area contributed by atoms with Gasteiger partial charge in [-0.2, -0.15) is 13.2 Å². The molecule has 0 fully saturated rings. The maximum absolute atomic E-state index is 13.3. The minimum Gasteiger partial charge on any atom is -0.490 e. The molecule has 3 rings (SSSR count). The zero-order valence-corrected chi connectivity index (χ0v) is 18.6. The van der Waals surface area contributed by atoms with E-state index in [1.165, 1.54) is 30.3 Å². The van der Waals surface area contributed by atoms with Gasteiger partial charge in [0, 0.05) is 5.69 Å². The largest absolute Gasteiger partial charge is 0.490 e. The summed E-state index contributed by atoms with van der Waals surface area (Å²) in [5.74, 6) is -0.202. The van der Waals surface area contributed by atoms with Crippen molar-refractivity contribution in [3.63, 3.8) is 0 Å². The zero-order chi connectivity index (χ0) is 24.8. The van der Waals surface area contributed by atoms with Crippen LogP contribution in [0.3, 0.4) is 0 Å². The standard InChI is InChI=1S/C24H21F3N2O4S/c1-2-15-33-21-13-11-19(12-14-21)28-23(30)17-29(34(31,32)22-9-4-3-5-10-22)20-8-6-7-18(16-20)24(25,26)27/h2-14,16H,1,15,17H2,(H,28,30). The van der Waals surface area contributed by atoms with E-state index in [0.717, 1.165) is 12.1 Å². The molecule has 10 heteroatoms. The first-order chi connectivity index (χ1) is 16.1. The van der Waals surface area contributed by atoms with E-state index in [9.17, 15) is 26.4 Å². The molecule has 0 aliphatic heterocycles. The van der Waals surface area contributed by atoms with E-state index in [2.05, 4.69) is 11.9 Å². The molecule has 0 spiro atoms.